The van der Waals surface area contributed by atoms with E-state index < -0.39 is 0 Å². The van der Waals surface area contributed by atoms with E-state index >= 15 is 0 Å². The number of hydrogen-bond acceptors (Lipinski definition) is 2. The van der Waals surface area contributed by atoms with Gasteiger partial charge in [0.15, 0.2) is 5.78 Å². The van der Waals surface area contributed by atoms with Crippen LogP contribution in [-0.4, -0.2) is 12.9 Å². The molecule has 0 aliphatic heterocycles. The summed E-state index contributed by atoms with van der Waals surface area (Å²) >= 11 is 2.16. The summed E-state index contributed by atoms with van der Waals surface area (Å²) in [5.74, 6) is 0.841. The van der Waals surface area contributed by atoms with Gasteiger partial charge in [-0.3, -0.25) is 4.79 Å². The van der Waals surface area contributed by atoms with Gasteiger partial charge in [-0.1, -0.05) is 0 Å². The fourth-order valence-corrected chi connectivity index (χ4v) is 2.15. The minimum absolute atomic E-state index is 0.0719. The van der Waals surface area contributed by atoms with Gasteiger partial charge in [0.1, 0.15) is 5.75 Å². The number of ketones is 1. The first-order chi connectivity index (χ1) is 6.06. The lowest BCUT2D eigenvalue weighted by Crippen LogP contribution is -1.98. The number of benzene rings is 1. The molecule has 70 valence electrons. The van der Waals surface area contributed by atoms with E-state index in [0.29, 0.717) is 0 Å². The third-order valence-corrected chi connectivity index (χ3v) is 2.76. The van der Waals surface area contributed by atoms with Crippen LogP contribution in [0.4, 0.5) is 0 Å². The highest BCUT2D eigenvalue weighted by molar-refractivity contribution is 14.1. The monoisotopic (exact) mass is 290 g/mol. The van der Waals surface area contributed by atoms with Crippen LogP contribution in [-0.2, 0) is 0 Å². The molecule has 0 aliphatic carbocycles. The lowest BCUT2D eigenvalue weighted by Gasteiger charge is -2.07. The van der Waals surface area contributed by atoms with Crippen LogP contribution < -0.4 is 4.74 Å². The zero-order valence-corrected chi connectivity index (χ0v) is 10.0. The lowest BCUT2D eigenvalue weighted by atomic mass is 10.1. The standard InChI is InChI=1S/C10H11IO2/c1-6-4-9(11)8(7(2)12)5-10(6)13-3/h4-5H,1-3H3. The Bertz CT molecular complexity index is 345. The first-order valence-corrected chi connectivity index (χ1v) is 4.99. The van der Waals surface area contributed by atoms with Crippen LogP contribution in [0.25, 0.3) is 0 Å². The van der Waals surface area contributed by atoms with E-state index in [1.807, 2.05) is 13.0 Å². The van der Waals surface area contributed by atoms with Crippen molar-refractivity contribution in [2.24, 2.45) is 0 Å². The van der Waals surface area contributed by atoms with Crippen molar-refractivity contribution in [1.82, 2.24) is 0 Å². The Labute approximate surface area is 91.4 Å². The number of halogens is 1. The molecule has 2 nitrogen and oxygen atoms in total. The number of hydrogen-bond donors (Lipinski definition) is 0. The van der Waals surface area contributed by atoms with E-state index in [1.54, 1.807) is 20.1 Å². The van der Waals surface area contributed by atoms with Gasteiger partial charge in [0, 0.05) is 9.13 Å². The number of methoxy groups -OCH3 is 1. The fraction of sp³-hybridized carbons (Fsp3) is 0.300. The third kappa shape index (κ3) is 2.21. The summed E-state index contributed by atoms with van der Waals surface area (Å²) in [5, 5.41) is 0. The van der Waals surface area contributed by atoms with Crippen molar-refractivity contribution in [3.8, 4) is 5.75 Å². The highest BCUT2D eigenvalue weighted by Crippen LogP contribution is 2.24. The molecule has 0 unspecified atom stereocenters. The summed E-state index contributed by atoms with van der Waals surface area (Å²) in [6, 6.07) is 3.75. The summed E-state index contributed by atoms with van der Waals surface area (Å²) in [5.41, 5.74) is 1.78. The maximum atomic E-state index is 11.2. The average molecular weight is 290 g/mol. The van der Waals surface area contributed by atoms with Crippen molar-refractivity contribution >= 4 is 28.4 Å². The Balaban J connectivity index is 3.30. The molecular formula is C10H11IO2. The molecule has 0 N–H and O–H groups in total. The maximum Gasteiger partial charge on any atom is 0.161 e. The zero-order chi connectivity index (χ0) is 10.0. The molecule has 0 bridgehead atoms. The van der Waals surface area contributed by atoms with Gasteiger partial charge in [0.2, 0.25) is 0 Å². The second-order valence-electron chi connectivity index (χ2n) is 2.86. The van der Waals surface area contributed by atoms with E-state index in [4.69, 9.17) is 4.74 Å². The van der Waals surface area contributed by atoms with Gasteiger partial charge in [0.05, 0.1) is 7.11 Å². The van der Waals surface area contributed by atoms with Gasteiger partial charge < -0.3 is 4.74 Å². The number of Topliss-reactive ketones (excluding diaryl/α,β-unsaturated/α-hetero) is 1. The van der Waals surface area contributed by atoms with Gasteiger partial charge in [-0.05, 0) is 54.1 Å². The quantitative estimate of drug-likeness (QED) is 0.618. The zero-order valence-electron chi connectivity index (χ0n) is 7.85. The maximum absolute atomic E-state index is 11.2. The van der Waals surface area contributed by atoms with Gasteiger partial charge in [0.25, 0.3) is 0 Å². The molecule has 0 fully saturated rings. The third-order valence-electron chi connectivity index (χ3n) is 1.86. The number of carbonyl (C=O) groups excluding carboxylic acids is 1. The minimum Gasteiger partial charge on any atom is -0.496 e. The average Bonchev–Trinajstić information content (AvgIpc) is 2.03. The highest BCUT2D eigenvalue weighted by atomic mass is 127. The van der Waals surface area contributed by atoms with Crippen LogP contribution in [0, 0.1) is 10.5 Å². The van der Waals surface area contributed by atoms with Crippen LogP contribution in [0.1, 0.15) is 22.8 Å². The smallest absolute Gasteiger partial charge is 0.161 e. The topological polar surface area (TPSA) is 26.3 Å². The Morgan fingerprint density at radius 2 is 2.08 bits per heavy atom. The van der Waals surface area contributed by atoms with Crippen LogP contribution in [0.3, 0.4) is 0 Å². The molecular weight excluding hydrogens is 279 g/mol. The second kappa shape index (κ2) is 4.09. The molecule has 1 rings (SSSR count). The van der Waals surface area contributed by atoms with Gasteiger partial charge in [-0.2, -0.15) is 0 Å². The van der Waals surface area contributed by atoms with Crippen molar-refractivity contribution in [3.05, 3.63) is 26.8 Å². The molecule has 0 saturated heterocycles. The molecule has 0 spiro atoms. The van der Waals surface area contributed by atoms with E-state index in [1.165, 1.54) is 0 Å². The summed E-state index contributed by atoms with van der Waals surface area (Å²) in [7, 11) is 1.61. The van der Waals surface area contributed by atoms with Crippen LogP contribution in [0.5, 0.6) is 5.75 Å². The van der Waals surface area contributed by atoms with E-state index in [2.05, 4.69) is 22.6 Å². The Hall–Kier alpha value is -0.580. The molecule has 0 amide bonds. The van der Waals surface area contributed by atoms with E-state index in [-0.39, 0.29) is 5.78 Å². The first-order valence-electron chi connectivity index (χ1n) is 3.91. The SMILES string of the molecule is COc1cc(C(C)=O)c(I)cc1C. The Morgan fingerprint density at radius 3 is 2.54 bits per heavy atom. The second-order valence-corrected chi connectivity index (χ2v) is 4.02. The molecule has 0 aliphatic rings. The normalized spacial score (nSPS) is 9.85. The van der Waals surface area contributed by atoms with E-state index in [0.717, 1.165) is 20.4 Å². The number of aryl methyl sites for hydroxylation is 1. The van der Waals surface area contributed by atoms with Crippen molar-refractivity contribution in [2.45, 2.75) is 13.8 Å². The summed E-state index contributed by atoms with van der Waals surface area (Å²) in [6.45, 7) is 3.52. The Morgan fingerprint density at radius 1 is 1.46 bits per heavy atom. The molecule has 3 heteroatoms. The predicted octanol–water partition coefficient (Wildman–Crippen LogP) is 2.81. The van der Waals surface area contributed by atoms with Crippen molar-refractivity contribution in [1.29, 1.82) is 0 Å². The number of carbonyl (C=O) groups is 1. The van der Waals surface area contributed by atoms with Crippen molar-refractivity contribution in [2.75, 3.05) is 7.11 Å². The van der Waals surface area contributed by atoms with Gasteiger partial charge in [-0.25, -0.2) is 0 Å². The molecule has 1 aromatic carbocycles. The molecule has 0 heterocycles. The lowest BCUT2D eigenvalue weighted by molar-refractivity contribution is 0.101. The molecule has 0 radical (unpaired) electrons. The van der Waals surface area contributed by atoms with Crippen LogP contribution in [0.15, 0.2) is 12.1 Å². The molecule has 0 atom stereocenters. The molecule has 13 heavy (non-hydrogen) atoms. The summed E-state index contributed by atoms with van der Waals surface area (Å²) in [4.78, 5) is 11.2. The summed E-state index contributed by atoms with van der Waals surface area (Å²) in [6.07, 6.45) is 0. The fourth-order valence-electron chi connectivity index (χ4n) is 1.14. The van der Waals surface area contributed by atoms with Gasteiger partial charge >= 0.3 is 0 Å². The van der Waals surface area contributed by atoms with Crippen LogP contribution in [0.2, 0.25) is 0 Å². The molecule has 0 aromatic heterocycles. The van der Waals surface area contributed by atoms with Gasteiger partial charge in [-0.15, -0.1) is 0 Å². The number of rotatable bonds is 2. The highest BCUT2D eigenvalue weighted by Gasteiger charge is 2.08. The first kappa shape index (κ1) is 10.5. The van der Waals surface area contributed by atoms with Crippen molar-refractivity contribution in [3.63, 3.8) is 0 Å². The Kier molecular flexibility index (Phi) is 3.30. The van der Waals surface area contributed by atoms with Crippen LogP contribution >= 0.6 is 22.6 Å². The largest absolute Gasteiger partial charge is 0.496 e. The molecule has 1 aromatic rings. The van der Waals surface area contributed by atoms with E-state index in [9.17, 15) is 4.79 Å². The predicted molar refractivity (Wildman–Crippen MR) is 60.5 cm³/mol. The minimum atomic E-state index is 0.0719. The summed E-state index contributed by atoms with van der Waals surface area (Å²) < 4.78 is 6.11. The van der Waals surface area contributed by atoms with Crippen molar-refractivity contribution < 1.29 is 9.53 Å². The molecule has 0 saturated carbocycles. The number of ether oxygens (including phenoxy) is 1.